The molecule has 116 valence electrons. The molecule has 1 aliphatic heterocycles. The fraction of sp³-hybridized carbons (Fsp3) is 0.462. The summed E-state index contributed by atoms with van der Waals surface area (Å²) in [6.45, 7) is 1.81. The van der Waals surface area contributed by atoms with Crippen LogP contribution < -0.4 is 10.1 Å². The lowest BCUT2D eigenvalue weighted by Crippen LogP contribution is -2.55. The standard InChI is InChI=1S/C13H18N2O5S/c1-21(18,19)12-4-2-11(3-5-12)20-9-10-8-14-6-7-15(10)13(16)17/h2-5,10,14H,6-9H2,1H3,(H,16,17)/t10-/m0/s1. The summed E-state index contributed by atoms with van der Waals surface area (Å²) >= 11 is 0. The van der Waals surface area contributed by atoms with Crippen LogP contribution in [0.5, 0.6) is 5.75 Å². The third kappa shape index (κ3) is 4.08. The SMILES string of the molecule is CS(=O)(=O)c1ccc(OC[C@@H]2CNCCN2C(=O)O)cc1. The highest BCUT2D eigenvalue weighted by molar-refractivity contribution is 7.90. The Morgan fingerprint density at radius 3 is 2.67 bits per heavy atom. The summed E-state index contributed by atoms with van der Waals surface area (Å²) in [6.07, 6.45) is 0.180. The van der Waals surface area contributed by atoms with Gasteiger partial charge in [0.25, 0.3) is 0 Å². The quantitative estimate of drug-likeness (QED) is 0.836. The minimum absolute atomic E-state index is 0.220. The van der Waals surface area contributed by atoms with Crippen LogP contribution in [-0.4, -0.2) is 63.1 Å². The fourth-order valence-corrected chi connectivity index (χ4v) is 2.77. The molecule has 1 amide bonds. The number of sulfone groups is 1. The van der Waals surface area contributed by atoms with Gasteiger partial charge in [-0.2, -0.15) is 0 Å². The molecule has 0 unspecified atom stereocenters. The van der Waals surface area contributed by atoms with Gasteiger partial charge in [-0.15, -0.1) is 0 Å². The Labute approximate surface area is 123 Å². The highest BCUT2D eigenvalue weighted by atomic mass is 32.2. The Morgan fingerprint density at radius 1 is 1.43 bits per heavy atom. The summed E-state index contributed by atoms with van der Waals surface area (Å²) in [5, 5.41) is 12.2. The number of hydrogen-bond acceptors (Lipinski definition) is 5. The Kier molecular flexibility index (Phi) is 4.69. The first-order valence-electron chi connectivity index (χ1n) is 6.51. The van der Waals surface area contributed by atoms with Crippen molar-refractivity contribution in [1.82, 2.24) is 10.2 Å². The molecular weight excluding hydrogens is 296 g/mol. The van der Waals surface area contributed by atoms with E-state index in [1.165, 1.54) is 17.0 Å². The van der Waals surface area contributed by atoms with Crippen molar-refractivity contribution in [1.29, 1.82) is 0 Å². The zero-order valence-corrected chi connectivity index (χ0v) is 12.5. The lowest BCUT2D eigenvalue weighted by Gasteiger charge is -2.33. The van der Waals surface area contributed by atoms with Crippen molar-refractivity contribution in [2.75, 3.05) is 32.5 Å². The van der Waals surface area contributed by atoms with Crippen molar-refractivity contribution >= 4 is 15.9 Å². The topological polar surface area (TPSA) is 95.9 Å². The van der Waals surface area contributed by atoms with E-state index in [9.17, 15) is 13.2 Å². The Balaban J connectivity index is 1.97. The molecular formula is C13H18N2O5S. The second-order valence-corrected chi connectivity index (χ2v) is 6.90. The summed E-state index contributed by atoms with van der Waals surface area (Å²) in [5.41, 5.74) is 0. The van der Waals surface area contributed by atoms with Gasteiger partial charge in [0.2, 0.25) is 0 Å². The summed E-state index contributed by atoms with van der Waals surface area (Å²) in [6, 6.07) is 5.82. The van der Waals surface area contributed by atoms with E-state index in [-0.39, 0.29) is 17.5 Å². The van der Waals surface area contributed by atoms with Crippen LogP contribution in [0.25, 0.3) is 0 Å². The minimum Gasteiger partial charge on any atom is -0.491 e. The number of amides is 1. The van der Waals surface area contributed by atoms with E-state index in [2.05, 4.69) is 5.32 Å². The molecule has 1 aliphatic rings. The number of carboxylic acid groups (broad SMARTS) is 1. The molecule has 1 saturated heterocycles. The third-order valence-electron chi connectivity index (χ3n) is 3.29. The zero-order valence-electron chi connectivity index (χ0n) is 11.7. The number of piperazine rings is 1. The van der Waals surface area contributed by atoms with E-state index in [0.717, 1.165) is 6.26 Å². The lowest BCUT2D eigenvalue weighted by molar-refractivity contribution is 0.0903. The molecule has 1 atom stereocenters. The molecule has 21 heavy (non-hydrogen) atoms. The van der Waals surface area contributed by atoms with Gasteiger partial charge >= 0.3 is 6.09 Å². The molecule has 0 aliphatic carbocycles. The molecule has 7 nitrogen and oxygen atoms in total. The maximum absolute atomic E-state index is 11.3. The monoisotopic (exact) mass is 314 g/mol. The molecule has 0 aromatic heterocycles. The number of nitrogens with one attached hydrogen (secondary N) is 1. The zero-order chi connectivity index (χ0) is 15.5. The van der Waals surface area contributed by atoms with Crippen LogP contribution in [0.15, 0.2) is 29.2 Å². The van der Waals surface area contributed by atoms with Crippen LogP contribution in [-0.2, 0) is 9.84 Å². The predicted octanol–water partition coefficient (Wildman–Crippen LogP) is 0.421. The number of benzene rings is 1. The van der Waals surface area contributed by atoms with Crippen molar-refractivity contribution in [2.24, 2.45) is 0 Å². The van der Waals surface area contributed by atoms with Gasteiger partial charge in [0.15, 0.2) is 9.84 Å². The van der Waals surface area contributed by atoms with Gasteiger partial charge in [0.05, 0.1) is 10.9 Å². The number of nitrogens with zero attached hydrogens (tertiary/aromatic N) is 1. The van der Waals surface area contributed by atoms with Gasteiger partial charge in [-0.3, -0.25) is 4.90 Å². The van der Waals surface area contributed by atoms with Gasteiger partial charge in [-0.05, 0) is 24.3 Å². The Bertz CT molecular complexity index is 599. The van der Waals surface area contributed by atoms with Crippen LogP contribution in [0.1, 0.15) is 0 Å². The summed E-state index contributed by atoms with van der Waals surface area (Å²) in [5.74, 6) is 0.512. The first kappa shape index (κ1) is 15.6. The molecule has 2 rings (SSSR count). The molecule has 0 spiro atoms. The van der Waals surface area contributed by atoms with Crippen molar-refractivity contribution in [3.63, 3.8) is 0 Å². The van der Waals surface area contributed by atoms with Gasteiger partial charge in [-0.1, -0.05) is 0 Å². The van der Waals surface area contributed by atoms with Crippen LogP contribution in [0.2, 0.25) is 0 Å². The van der Waals surface area contributed by atoms with Crippen molar-refractivity contribution in [3.05, 3.63) is 24.3 Å². The lowest BCUT2D eigenvalue weighted by atomic mass is 10.2. The molecule has 0 radical (unpaired) electrons. The van der Waals surface area contributed by atoms with E-state index < -0.39 is 15.9 Å². The Morgan fingerprint density at radius 2 is 2.10 bits per heavy atom. The molecule has 1 fully saturated rings. The van der Waals surface area contributed by atoms with E-state index in [0.29, 0.717) is 25.4 Å². The maximum Gasteiger partial charge on any atom is 0.407 e. The van der Waals surface area contributed by atoms with E-state index in [1.807, 2.05) is 0 Å². The molecule has 0 saturated carbocycles. The van der Waals surface area contributed by atoms with Gasteiger partial charge in [-0.25, -0.2) is 13.2 Å². The van der Waals surface area contributed by atoms with E-state index in [1.54, 1.807) is 12.1 Å². The summed E-state index contributed by atoms with van der Waals surface area (Å²) in [4.78, 5) is 12.7. The predicted molar refractivity (Wildman–Crippen MR) is 76.4 cm³/mol. The van der Waals surface area contributed by atoms with Crippen LogP contribution in [0, 0.1) is 0 Å². The maximum atomic E-state index is 11.3. The smallest absolute Gasteiger partial charge is 0.407 e. The number of rotatable bonds is 4. The molecule has 1 heterocycles. The van der Waals surface area contributed by atoms with Crippen molar-refractivity contribution < 1.29 is 23.1 Å². The normalized spacial score (nSPS) is 19.3. The highest BCUT2D eigenvalue weighted by Gasteiger charge is 2.26. The minimum atomic E-state index is -3.23. The first-order valence-corrected chi connectivity index (χ1v) is 8.40. The number of carbonyl (C=O) groups is 1. The molecule has 2 N–H and O–H groups in total. The third-order valence-corrected chi connectivity index (χ3v) is 4.42. The van der Waals surface area contributed by atoms with Gasteiger partial charge in [0.1, 0.15) is 12.4 Å². The summed E-state index contributed by atoms with van der Waals surface area (Å²) in [7, 11) is -3.23. The van der Waals surface area contributed by atoms with E-state index >= 15 is 0 Å². The van der Waals surface area contributed by atoms with Crippen LogP contribution in [0.4, 0.5) is 4.79 Å². The van der Waals surface area contributed by atoms with Crippen LogP contribution >= 0.6 is 0 Å². The number of hydrogen-bond donors (Lipinski definition) is 2. The fourth-order valence-electron chi connectivity index (χ4n) is 2.14. The summed E-state index contributed by atoms with van der Waals surface area (Å²) < 4.78 is 28.2. The largest absolute Gasteiger partial charge is 0.491 e. The molecule has 1 aromatic rings. The molecule has 0 bridgehead atoms. The first-order chi connectivity index (χ1) is 9.88. The second kappa shape index (κ2) is 6.31. The van der Waals surface area contributed by atoms with E-state index in [4.69, 9.17) is 9.84 Å². The van der Waals surface area contributed by atoms with Crippen molar-refractivity contribution in [3.8, 4) is 5.75 Å². The van der Waals surface area contributed by atoms with Crippen molar-refractivity contribution in [2.45, 2.75) is 10.9 Å². The molecule has 8 heteroatoms. The van der Waals surface area contributed by atoms with Gasteiger partial charge < -0.3 is 15.2 Å². The average molecular weight is 314 g/mol. The number of ether oxygens (including phenoxy) is 1. The average Bonchev–Trinajstić information content (AvgIpc) is 2.45. The molecule has 1 aromatic carbocycles. The second-order valence-electron chi connectivity index (χ2n) is 4.89. The van der Waals surface area contributed by atoms with Gasteiger partial charge in [0, 0.05) is 25.9 Å². The highest BCUT2D eigenvalue weighted by Crippen LogP contribution is 2.16. The Hall–Kier alpha value is -1.80. The van der Waals surface area contributed by atoms with Crippen LogP contribution in [0.3, 0.4) is 0 Å².